The lowest BCUT2D eigenvalue weighted by Gasteiger charge is -2.15. The maximum atomic E-state index is 12.0. The molecule has 3 nitrogen and oxygen atoms in total. The Kier molecular flexibility index (Phi) is 4.12. The van der Waals surface area contributed by atoms with Crippen LogP contribution in [0.1, 0.15) is 36.2 Å². The lowest BCUT2D eigenvalue weighted by molar-refractivity contribution is 0.0938. The molecular weight excluding hydrogens is 250 g/mol. The first kappa shape index (κ1) is 13.2. The van der Waals surface area contributed by atoms with Crippen molar-refractivity contribution >= 4 is 17.5 Å². The van der Waals surface area contributed by atoms with E-state index >= 15 is 0 Å². The molecule has 2 unspecified atom stereocenters. The van der Waals surface area contributed by atoms with Gasteiger partial charge < -0.3 is 10.1 Å². The summed E-state index contributed by atoms with van der Waals surface area (Å²) in [5.74, 6) is 0.850. The van der Waals surface area contributed by atoms with Crippen LogP contribution in [0.2, 0.25) is 0 Å². The van der Waals surface area contributed by atoms with Crippen molar-refractivity contribution in [2.45, 2.75) is 38.1 Å². The third kappa shape index (κ3) is 3.16. The molecule has 1 aliphatic rings. The second-order valence-corrected chi connectivity index (χ2v) is 5.56. The second-order valence-electron chi connectivity index (χ2n) is 4.81. The first-order valence-corrected chi connectivity index (χ1v) is 6.70. The molecule has 1 aromatic rings. The zero-order valence-electron chi connectivity index (χ0n) is 10.7. The molecule has 1 N–H and O–H groups in total. The predicted molar refractivity (Wildman–Crippen MR) is 72.5 cm³/mol. The molecule has 98 valence electrons. The van der Waals surface area contributed by atoms with Crippen LogP contribution in [0.5, 0.6) is 5.75 Å². The molecule has 0 spiro atoms. The monoisotopic (exact) mass is 267 g/mol. The second kappa shape index (κ2) is 5.61. The average molecular weight is 268 g/mol. The highest BCUT2D eigenvalue weighted by molar-refractivity contribution is 6.20. The predicted octanol–water partition coefficient (Wildman–Crippen LogP) is 2.76. The van der Waals surface area contributed by atoms with E-state index in [9.17, 15) is 4.79 Å². The number of ether oxygens (including phenoxy) is 1. The van der Waals surface area contributed by atoms with Gasteiger partial charge in [-0.25, -0.2) is 0 Å². The molecule has 0 aliphatic carbocycles. The summed E-state index contributed by atoms with van der Waals surface area (Å²) in [6, 6.07) is 5.66. The van der Waals surface area contributed by atoms with Gasteiger partial charge in [0, 0.05) is 23.4 Å². The summed E-state index contributed by atoms with van der Waals surface area (Å²) >= 11 is 5.91. The maximum absolute atomic E-state index is 12.0. The molecule has 2 rings (SSSR count). The van der Waals surface area contributed by atoms with Crippen LogP contribution in [0.15, 0.2) is 18.2 Å². The average Bonchev–Trinajstić information content (AvgIpc) is 2.74. The van der Waals surface area contributed by atoms with Crippen LogP contribution in [0.3, 0.4) is 0 Å². The Hall–Kier alpha value is -1.22. The van der Waals surface area contributed by atoms with Gasteiger partial charge in [-0.15, -0.1) is 11.6 Å². The summed E-state index contributed by atoms with van der Waals surface area (Å²) in [4.78, 5) is 12.0. The number of rotatable bonds is 4. The largest absolute Gasteiger partial charge is 0.493 e. The van der Waals surface area contributed by atoms with Gasteiger partial charge in [0.15, 0.2) is 0 Å². The van der Waals surface area contributed by atoms with Gasteiger partial charge in [0.1, 0.15) is 5.75 Å². The van der Waals surface area contributed by atoms with Crippen molar-refractivity contribution in [1.82, 2.24) is 5.32 Å². The molecule has 1 amide bonds. The molecular formula is C14H18ClNO2. The molecule has 2 atom stereocenters. The van der Waals surface area contributed by atoms with E-state index in [1.54, 1.807) is 6.07 Å². The third-order valence-electron chi connectivity index (χ3n) is 3.01. The molecule has 0 radical (unpaired) electrons. The number of alkyl halides is 1. The van der Waals surface area contributed by atoms with Gasteiger partial charge >= 0.3 is 0 Å². The van der Waals surface area contributed by atoms with E-state index in [-0.39, 0.29) is 17.3 Å². The van der Waals surface area contributed by atoms with E-state index in [2.05, 4.69) is 5.32 Å². The Balaban J connectivity index is 2.01. The Bertz CT molecular complexity index is 445. The highest BCUT2D eigenvalue weighted by Crippen LogP contribution is 2.25. The first-order chi connectivity index (χ1) is 8.56. The summed E-state index contributed by atoms with van der Waals surface area (Å²) in [6.07, 6.45) is 1.64. The van der Waals surface area contributed by atoms with Gasteiger partial charge in [-0.3, -0.25) is 4.79 Å². The van der Waals surface area contributed by atoms with Crippen LogP contribution < -0.4 is 10.1 Å². The molecule has 0 bridgehead atoms. The first-order valence-electron chi connectivity index (χ1n) is 6.27. The molecule has 4 heteroatoms. The number of hydrogen-bond donors (Lipinski definition) is 1. The number of carbonyl (C=O) groups is 1. The fraction of sp³-hybridized carbons (Fsp3) is 0.500. The standard InChI is InChI=1S/C14H18ClNO2/c1-9(15)7-10(2)16-14(17)12-3-4-13-11(8-12)5-6-18-13/h3-4,8-10H,5-7H2,1-2H3,(H,16,17). The van der Waals surface area contributed by atoms with Crippen molar-refractivity contribution in [2.75, 3.05) is 6.61 Å². The summed E-state index contributed by atoms with van der Waals surface area (Å²) < 4.78 is 5.42. The van der Waals surface area contributed by atoms with E-state index in [4.69, 9.17) is 16.3 Å². The van der Waals surface area contributed by atoms with E-state index in [0.717, 1.165) is 24.2 Å². The summed E-state index contributed by atoms with van der Waals surface area (Å²) in [5.41, 5.74) is 1.80. The highest BCUT2D eigenvalue weighted by Gasteiger charge is 2.16. The fourth-order valence-electron chi connectivity index (χ4n) is 2.18. The van der Waals surface area contributed by atoms with Gasteiger partial charge in [0.25, 0.3) is 5.91 Å². The molecule has 0 saturated carbocycles. The van der Waals surface area contributed by atoms with Gasteiger partial charge in [-0.2, -0.15) is 0 Å². The summed E-state index contributed by atoms with van der Waals surface area (Å²) in [5, 5.41) is 3.02. The van der Waals surface area contributed by atoms with E-state index in [0.29, 0.717) is 12.2 Å². The topological polar surface area (TPSA) is 38.3 Å². The number of halogens is 1. The normalized spacial score (nSPS) is 16.6. The van der Waals surface area contributed by atoms with Crippen LogP contribution in [0.4, 0.5) is 0 Å². The molecule has 0 aromatic heterocycles. The molecule has 1 heterocycles. The Labute approximate surface area is 112 Å². The van der Waals surface area contributed by atoms with Crippen molar-refractivity contribution in [3.05, 3.63) is 29.3 Å². The van der Waals surface area contributed by atoms with Crippen LogP contribution in [0, 0.1) is 0 Å². The van der Waals surface area contributed by atoms with Crippen molar-refractivity contribution in [3.63, 3.8) is 0 Å². The van der Waals surface area contributed by atoms with Crippen molar-refractivity contribution in [3.8, 4) is 5.75 Å². The number of hydrogen-bond acceptors (Lipinski definition) is 2. The van der Waals surface area contributed by atoms with Gasteiger partial charge in [0.05, 0.1) is 6.61 Å². The van der Waals surface area contributed by atoms with Crippen molar-refractivity contribution < 1.29 is 9.53 Å². The zero-order valence-corrected chi connectivity index (χ0v) is 11.5. The van der Waals surface area contributed by atoms with Gasteiger partial charge in [-0.05, 0) is 44.0 Å². The maximum Gasteiger partial charge on any atom is 0.251 e. The Morgan fingerprint density at radius 3 is 3.00 bits per heavy atom. The van der Waals surface area contributed by atoms with Crippen LogP contribution in [-0.4, -0.2) is 23.9 Å². The number of fused-ring (bicyclic) bond motifs is 1. The molecule has 1 aromatic carbocycles. The van der Waals surface area contributed by atoms with E-state index in [1.807, 2.05) is 26.0 Å². The zero-order chi connectivity index (χ0) is 13.1. The summed E-state index contributed by atoms with van der Waals surface area (Å²) in [6.45, 7) is 4.60. The number of amides is 1. The van der Waals surface area contributed by atoms with Crippen LogP contribution in [0.25, 0.3) is 0 Å². The van der Waals surface area contributed by atoms with Crippen molar-refractivity contribution in [2.24, 2.45) is 0 Å². The molecule has 0 saturated heterocycles. The number of benzene rings is 1. The SMILES string of the molecule is CC(Cl)CC(C)NC(=O)c1ccc2c(c1)CCO2. The van der Waals surface area contributed by atoms with Gasteiger partial charge in [0.2, 0.25) is 0 Å². The minimum atomic E-state index is -0.0467. The van der Waals surface area contributed by atoms with E-state index < -0.39 is 0 Å². The smallest absolute Gasteiger partial charge is 0.251 e. The van der Waals surface area contributed by atoms with Crippen LogP contribution in [-0.2, 0) is 6.42 Å². The minimum Gasteiger partial charge on any atom is -0.493 e. The Morgan fingerprint density at radius 1 is 1.50 bits per heavy atom. The Morgan fingerprint density at radius 2 is 2.28 bits per heavy atom. The number of carbonyl (C=O) groups excluding carboxylic acids is 1. The highest BCUT2D eigenvalue weighted by atomic mass is 35.5. The lowest BCUT2D eigenvalue weighted by Crippen LogP contribution is -2.33. The fourth-order valence-corrected chi connectivity index (χ4v) is 2.45. The lowest BCUT2D eigenvalue weighted by atomic mass is 10.1. The van der Waals surface area contributed by atoms with Crippen LogP contribution >= 0.6 is 11.6 Å². The molecule has 0 fully saturated rings. The molecule has 18 heavy (non-hydrogen) atoms. The third-order valence-corrected chi connectivity index (χ3v) is 3.19. The summed E-state index contributed by atoms with van der Waals surface area (Å²) in [7, 11) is 0. The minimum absolute atomic E-state index is 0.0467. The molecule has 1 aliphatic heterocycles. The number of nitrogens with one attached hydrogen (secondary N) is 1. The van der Waals surface area contributed by atoms with E-state index in [1.165, 1.54) is 0 Å². The van der Waals surface area contributed by atoms with Gasteiger partial charge in [-0.1, -0.05) is 0 Å². The van der Waals surface area contributed by atoms with Crippen molar-refractivity contribution in [1.29, 1.82) is 0 Å². The quantitative estimate of drug-likeness (QED) is 0.852.